The van der Waals surface area contributed by atoms with E-state index in [1.54, 1.807) is 5.57 Å². The fraction of sp³-hybridized carbons (Fsp3) is 0.406. The fourth-order valence-corrected chi connectivity index (χ4v) is 4.71. The van der Waals surface area contributed by atoms with E-state index >= 15 is 0 Å². The predicted octanol–water partition coefficient (Wildman–Crippen LogP) is 9.42. The van der Waals surface area contributed by atoms with Crippen molar-refractivity contribution in [3.05, 3.63) is 107 Å². The van der Waals surface area contributed by atoms with Crippen LogP contribution in [0.1, 0.15) is 89.7 Å². The van der Waals surface area contributed by atoms with Crippen molar-refractivity contribution in [1.29, 1.82) is 0 Å². The highest BCUT2D eigenvalue weighted by atomic mass is 14.6. The number of fused-ring (bicyclic) bond motifs is 1. The van der Waals surface area contributed by atoms with Crippen molar-refractivity contribution in [1.82, 2.24) is 4.98 Å². The molecule has 2 aliphatic carbocycles. The minimum absolute atomic E-state index is 1.00. The normalized spacial score (nSPS) is 19.1. The molecule has 1 nitrogen and oxygen atoms in total. The Bertz CT molecular complexity index is 1000. The minimum atomic E-state index is 1.00. The van der Waals surface area contributed by atoms with Crippen LogP contribution in [0.5, 0.6) is 0 Å². The van der Waals surface area contributed by atoms with E-state index in [0.717, 1.165) is 32.1 Å². The van der Waals surface area contributed by atoms with Gasteiger partial charge in [-0.25, -0.2) is 0 Å². The molecular weight excluding hydrogens is 398 g/mol. The van der Waals surface area contributed by atoms with E-state index in [1.165, 1.54) is 71.1 Å². The number of pyridine rings is 1. The van der Waals surface area contributed by atoms with Crippen LogP contribution in [-0.4, -0.2) is 4.98 Å². The zero-order chi connectivity index (χ0) is 23.5. The Morgan fingerprint density at radius 1 is 1.12 bits per heavy atom. The molecule has 1 fully saturated rings. The highest BCUT2D eigenvalue weighted by Gasteiger charge is 2.27. The molecule has 0 amide bonds. The molecule has 0 radical (unpaired) electrons. The molecule has 1 saturated carbocycles. The molecule has 3 rings (SSSR count). The van der Waals surface area contributed by atoms with Crippen LogP contribution < -0.4 is 0 Å². The maximum atomic E-state index is 4.47. The van der Waals surface area contributed by atoms with Gasteiger partial charge >= 0.3 is 0 Å². The first-order chi connectivity index (χ1) is 16.2. The third-order valence-electron chi connectivity index (χ3n) is 6.56. The second-order valence-electron chi connectivity index (χ2n) is 9.18. The summed E-state index contributed by atoms with van der Waals surface area (Å²) in [6.07, 6.45) is 31.3. The zero-order valence-corrected chi connectivity index (χ0v) is 21.0. The molecule has 0 unspecified atom stereocenters. The van der Waals surface area contributed by atoms with Crippen molar-refractivity contribution >= 4 is 5.57 Å². The molecule has 0 bridgehead atoms. The van der Waals surface area contributed by atoms with Gasteiger partial charge in [-0.1, -0.05) is 74.1 Å². The first kappa shape index (κ1) is 25.0. The Morgan fingerprint density at radius 3 is 2.64 bits per heavy atom. The lowest BCUT2D eigenvalue weighted by molar-refractivity contribution is 0.665. The number of hydrogen-bond donors (Lipinski definition) is 0. The van der Waals surface area contributed by atoms with E-state index in [-0.39, 0.29) is 0 Å². The lowest BCUT2D eigenvalue weighted by Gasteiger charge is -2.31. The van der Waals surface area contributed by atoms with Crippen LogP contribution >= 0.6 is 0 Å². The molecule has 1 aromatic rings. The van der Waals surface area contributed by atoms with Crippen LogP contribution in [0, 0.1) is 0 Å². The lowest BCUT2D eigenvalue weighted by Crippen LogP contribution is -2.13. The monoisotopic (exact) mass is 439 g/mol. The average molecular weight is 440 g/mol. The molecule has 0 saturated heterocycles. The third-order valence-corrected chi connectivity index (χ3v) is 6.56. The van der Waals surface area contributed by atoms with Gasteiger partial charge in [0.1, 0.15) is 0 Å². The van der Waals surface area contributed by atoms with Gasteiger partial charge in [-0.05, 0) is 105 Å². The van der Waals surface area contributed by atoms with Gasteiger partial charge in [0.2, 0.25) is 0 Å². The zero-order valence-electron chi connectivity index (χ0n) is 21.0. The maximum Gasteiger partial charge on any atom is 0.0349 e. The number of unbranched alkanes of at least 4 members (excludes halogenated alkanes) is 1. The Kier molecular flexibility index (Phi) is 9.94. The van der Waals surface area contributed by atoms with Crippen LogP contribution in [0.15, 0.2) is 95.4 Å². The quantitative estimate of drug-likeness (QED) is 0.261. The summed E-state index contributed by atoms with van der Waals surface area (Å²) >= 11 is 0. The third kappa shape index (κ3) is 6.90. The van der Waals surface area contributed by atoms with Crippen molar-refractivity contribution < 1.29 is 0 Å². The molecule has 1 heterocycles. The number of hydrogen-bond acceptors (Lipinski definition) is 1. The highest BCUT2D eigenvalue weighted by Crippen LogP contribution is 2.45. The second kappa shape index (κ2) is 13.1. The lowest BCUT2D eigenvalue weighted by atomic mass is 9.74. The number of aromatic nitrogens is 1. The summed E-state index contributed by atoms with van der Waals surface area (Å²) in [4.78, 5) is 4.47. The molecule has 0 N–H and O–H groups in total. The summed E-state index contributed by atoms with van der Waals surface area (Å²) < 4.78 is 0. The topological polar surface area (TPSA) is 12.9 Å². The first-order valence-electron chi connectivity index (χ1n) is 12.9. The van der Waals surface area contributed by atoms with Crippen molar-refractivity contribution in [2.24, 2.45) is 0 Å². The van der Waals surface area contributed by atoms with Gasteiger partial charge in [-0.3, -0.25) is 4.98 Å². The van der Waals surface area contributed by atoms with Gasteiger partial charge in [0.15, 0.2) is 0 Å². The van der Waals surface area contributed by atoms with E-state index in [9.17, 15) is 0 Å². The van der Waals surface area contributed by atoms with E-state index in [1.807, 2.05) is 6.20 Å². The Balaban J connectivity index is 1.73. The predicted molar refractivity (Wildman–Crippen MR) is 145 cm³/mol. The summed E-state index contributed by atoms with van der Waals surface area (Å²) in [5.74, 6) is 0. The molecule has 1 heteroatoms. The van der Waals surface area contributed by atoms with Gasteiger partial charge in [-0.15, -0.1) is 0 Å². The smallest absolute Gasteiger partial charge is 0.0349 e. The number of rotatable bonds is 10. The molecule has 0 aromatic carbocycles. The molecular formula is C32H41N. The molecule has 0 spiro atoms. The second-order valence-corrected chi connectivity index (χ2v) is 9.18. The molecule has 1 aromatic heterocycles. The van der Waals surface area contributed by atoms with Crippen LogP contribution in [0.3, 0.4) is 0 Å². The van der Waals surface area contributed by atoms with Crippen molar-refractivity contribution in [3.63, 3.8) is 0 Å². The highest BCUT2D eigenvalue weighted by molar-refractivity contribution is 5.90. The summed E-state index contributed by atoms with van der Waals surface area (Å²) in [6, 6.07) is 2.20. The van der Waals surface area contributed by atoms with E-state index in [0.29, 0.717) is 0 Å². The van der Waals surface area contributed by atoms with Gasteiger partial charge in [0.05, 0.1) is 0 Å². The van der Waals surface area contributed by atoms with E-state index in [4.69, 9.17) is 0 Å². The van der Waals surface area contributed by atoms with Crippen molar-refractivity contribution in [2.45, 2.75) is 85.0 Å². The van der Waals surface area contributed by atoms with Gasteiger partial charge < -0.3 is 0 Å². The van der Waals surface area contributed by atoms with Crippen LogP contribution in [0.2, 0.25) is 0 Å². The fourth-order valence-electron chi connectivity index (χ4n) is 4.71. The van der Waals surface area contributed by atoms with E-state index < -0.39 is 0 Å². The first-order valence-corrected chi connectivity index (χ1v) is 12.9. The molecule has 0 aliphatic heterocycles. The van der Waals surface area contributed by atoms with E-state index in [2.05, 4.69) is 87.1 Å². The Labute approximate surface area is 202 Å². The van der Waals surface area contributed by atoms with Crippen LogP contribution in [0.25, 0.3) is 5.57 Å². The molecule has 33 heavy (non-hydrogen) atoms. The van der Waals surface area contributed by atoms with Gasteiger partial charge in [-0.2, -0.15) is 0 Å². The van der Waals surface area contributed by atoms with Crippen molar-refractivity contribution in [3.8, 4) is 0 Å². The molecule has 174 valence electrons. The average Bonchev–Trinajstić information content (AvgIpc) is 2.77. The molecule has 0 atom stereocenters. The SMILES string of the molecule is C=C(/C=C1/C(=C2CCC2)c2cnccc2C/C1=C/CC)CCCCC(/C=C\C)=C/C=C/CC. The summed E-state index contributed by atoms with van der Waals surface area (Å²) in [5, 5.41) is 0. The maximum absolute atomic E-state index is 4.47. The minimum Gasteiger partial charge on any atom is -0.264 e. The molecule has 2 aliphatic rings. The van der Waals surface area contributed by atoms with Gasteiger partial charge in [0, 0.05) is 18.0 Å². The van der Waals surface area contributed by atoms with Crippen LogP contribution in [0.4, 0.5) is 0 Å². The summed E-state index contributed by atoms with van der Waals surface area (Å²) in [6.45, 7) is 11.0. The van der Waals surface area contributed by atoms with Gasteiger partial charge in [0.25, 0.3) is 0 Å². The summed E-state index contributed by atoms with van der Waals surface area (Å²) in [5.41, 5.74) is 11.4. The van der Waals surface area contributed by atoms with Crippen molar-refractivity contribution in [2.75, 3.05) is 0 Å². The largest absolute Gasteiger partial charge is 0.264 e. The Morgan fingerprint density at radius 2 is 1.94 bits per heavy atom. The number of nitrogens with zero attached hydrogens (tertiary/aromatic N) is 1. The van der Waals surface area contributed by atoms with Crippen LogP contribution in [-0.2, 0) is 6.42 Å². The number of allylic oxidation sites excluding steroid dienone is 13. The Hall–Kier alpha value is -2.67. The standard InChI is InChI=1S/C32H41N/c1-5-8-9-16-26(13-6-2)17-11-10-15-25(4)22-30-28(14-7-3)23-29-20-21-33-24-31(29)32(30)27-18-12-19-27/h6,8-9,13-14,16,20-22,24H,4-5,7,10-12,15,17-19,23H2,1-3H3/b9-8+,13-6-,26-16+,28-14-,30-22+. The summed E-state index contributed by atoms with van der Waals surface area (Å²) in [7, 11) is 0.